The molecule has 1 amide bonds. The zero-order valence-corrected chi connectivity index (χ0v) is 21.1. The van der Waals surface area contributed by atoms with Crippen molar-refractivity contribution < 1.29 is 9.18 Å². The van der Waals surface area contributed by atoms with Gasteiger partial charge in [0, 0.05) is 25.2 Å². The summed E-state index contributed by atoms with van der Waals surface area (Å²) in [6.07, 6.45) is 3.32. The van der Waals surface area contributed by atoms with E-state index in [-0.39, 0.29) is 11.7 Å². The third kappa shape index (κ3) is 6.47. The Balaban J connectivity index is 0.000000672. The summed E-state index contributed by atoms with van der Waals surface area (Å²) in [5.41, 5.74) is 2.08. The zero-order valence-electron chi connectivity index (χ0n) is 21.1. The molecular weight excluding hydrogens is 437 g/mol. The molecule has 5 heteroatoms. The Morgan fingerprint density at radius 1 is 0.943 bits per heavy atom. The number of carbonyl (C=O) groups is 1. The number of piperidine rings is 1. The second-order valence-corrected chi connectivity index (χ2v) is 9.77. The highest BCUT2D eigenvalue weighted by molar-refractivity contribution is 6.07. The summed E-state index contributed by atoms with van der Waals surface area (Å²) >= 11 is 0. The number of amides is 1. The third-order valence-electron chi connectivity index (χ3n) is 7.39. The fraction of sp³-hybridized carbons (Fsp3) is 0.433. The maximum Gasteiger partial charge on any atom is 0.254 e. The van der Waals surface area contributed by atoms with Crippen LogP contribution in [0.5, 0.6) is 0 Å². The molecule has 0 bridgehead atoms. The van der Waals surface area contributed by atoms with Gasteiger partial charge in [0.25, 0.3) is 5.91 Å². The molecule has 0 saturated carbocycles. The number of hydrogen-bond donors (Lipinski definition) is 1. The first-order valence-corrected chi connectivity index (χ1v) is 13.0. The fourth-order valence-corrected chi connectivity index (χ4v) is 5.30. The molecular formula is C30H38FN3O. The van der Waals surface area contributed by atoms with E-state index in [2.05, 4.69) is 29.3 Å². The number of carbonyl (C=O) groups excluding carboxylic acids is 1. The van der Waals surface area contributed by atoms with E-state index in [9.17, 15) is 9.18 Å². The van der Waals surface area contributed by atoms with Crippen LogP contribution in [0, 0.1) is 11.7 Å². The molecule has 1 N–H and O–H groups in total. The van der Waals surface area contributed by atoms with E-state index in [1.54, 1.807) is 12.1 Å². The molecule has 0 aliphatic carbocycles. The van der Waals surface area contributed by atoms with Crippen LogP contribution < -0.4 is 5.32 Å². The summed E-state index contributed by atoms with van der Waals surface area (Å²) in [4.78, 5) is 17.8. The number of hydrogen-bond acceptors (Lipinski definition) is 3. The van der Waals surface area contributed by atoms with Gasteiger partial charge in [-0.2, -0.15) is 0 Å². The lowest BCUT2D eigenvalue weighted by atomic mass is 9.89. The van der Waals surface area contributed by atoms with Gasteiger partial charge in [-0.3, -0.25) is 4.79 Å². The maximum atomic E-state index is 13.2. The normalized spacial score (nSPS) is 18.9. The topological polar surface area (TPSA) is 35.6 Å². The number of likely N-dealkylation sites (tertiary alicyclic amines) is 2. The van der Waals surface area contributed by atoms with Crippen molar-refractivity contribution in [3.05, 3.63) is 83.7 Å². The van der Waals surface area contributed by atoms with Gasteiger partial charge in [-0.15, -0.1) is 0 Å². The molecule has 2 heterocycles. The van der Waals surface area contributed by atoms with Crippen LogP contribution in [0.3, 0.4) is 0 Å². The van der Waals surface area contributed by atoms with Crippen LogP contribution in [0.25, 0.3) is 10.8 Å². The molecule has 5 rings (SSSR count). The summed E-state index contributed by atoms with van der Waals surface area (Å²) in [6.45, 7) is 8.06. The van der Waals surface area contributed by atoms with E-state index >= 15 is 0 Å². The lowest BCUT2D eigenvalue weighted by molar-refractivity contribution is 0.0784. The van der Waals surface area contributed by atoms with E-state index in [1.807, 2.05) is 54.4 Å². The number of halogens is 1. The Labute approximate surface area is 209 Å². The van der Waals surface area contributed by atoms with Crippen molar-refractivity contribution in [1.82, 2.24) is 15.1 Å². The highest BCUT2D eigenvalue weighted by Gasteiger charge is 2.30. The third-order valence-corrected chi connectivity index (χ3v) is 7.39. The minimum Gasteiger partial charge on any atom is -0.338 e. The Bertz CT molecular complexity index is 1080. The molecule has 3 aromatic rings. The summed E-state index contributed by atoms with van der Waals surface area (Å²) in [5, 5.41) is 5.09. The number of nitrogens with one attached hydrogen (secondary N) is 1. The van der Waals surface area contributed by atoms with Gasteiger partial charge in [0.1, 0.15) is 5.82 Å². The van der Waals surface area contributed by atoms with E-state index in [0.717, 1.165) is 74.9 Å². The van der Waals surface area contributed by atoms with Gasteiger partial charge >= 0.3 is 0 Å². The molecule has 2 fully saturated rings. The molecule has 0 aromatic heterocycles. The standard InChI is InChI=1S/C27H29FN2O.C3H9N/c28-24-10-8-21(9-11-24)22-13-15-29(16-14-22)18-20-12-17-30(19-20)27(31)26-7-3-5-23-4-1-2-6-25(23)26;1-3-4-2/h1-11,20,22H,12-19H2;4H,3H2,1-2H3/t20-;/m1./s1. The van der Waals surface area contributed by atoms with Crippen molar-refractivity contribution in [3.8, 4) is 0 Å². The van der Waals surface area contributed by atoms with Crippen molar-refractivity contribution in [2.24, 2.45) is 5.92 Å². The average Bonchev–Trinajstić information content (AvgIpc) is 3.37. The summed E-state index contributed by atoms with van der Waals surface area (Å²) in [7, 11) is 1.93. The minimum absolute atomic E-state index is 0.161. The predicted octanol–water partition coefficient (Wildman–Crippen LogP) is 5.55. The monoisotopic (exact) mass is 475 g/mol. The number of benzene rings is 3. The Morgan fingerprint density at radius 2 is 1.63 bits per heavy atom. The van der Waals surface area contributed by atoms with Gasteiger partial charge in [-0.1, -0.05) is 55.5 Å². The maximum absolute atomic E-state index is 13.2. The van der Waals surface area contributed by atoms with Gasteiger partial charge in [-0.25, -0.2) is 4.39 Å². The summed E-state index contributed by atoms with van der Waals surface area (Å²) in [5.74, 6) is 1.07. The SMILES string of the molecule is CCNC.O=C(c1cccc2ccccc12)N1CC[C@H](CN2CCC(c3ccc(F)cc3)CC2)C1. The molecule has 1 atom stereocenters. The van der Waals surface area contributed by atoms with Crippen LogP contribution in [0.2, 0.25) is 0 Å². The minimum atomic E-state index is -0.162. The highest BCUT2D eigenvalue weighted by atomic mass is 19.1. The van der Waals surface area contributed by atoms with Crippen molar-refractivity contribution >= 4 is 16.7 Å². The van der Waals surface area contributed by atoms with Crippen LogP contribution in [-0.4, -0.2) is 62.0 Å². The molecule has 2 aliphatic heterocycles. The van der Waals surface area contributed by atoms with Gasteiger partial charge in [0.15, 0.2) is 0 Å². The van der Waals surface area contributed by atoms with Crippen LogP contribution in [0.4, 0.5) is 4.39 Å². The molecule has 2 saturated heterocycles. The van der Waals surface area contributed by atoms with Crippen molar-refractivity contribution in [2.45, 2.75) is 32.1 Å². The van der Waals surface area contributed by atoms with Gasteiger partial charge in [0.2, 0.25) is 0 Å². The Morgan fingerprint density at radius 3 is 2.34 bits per heavy atom. The molecule has 0 unspecified atom stereocenters. The Hall–Kier alpha value is -2.76. The summed E-state index contributed by atoms with van der Waals surface area (Å²) < 4.78 is 13.2. The van der Waals surface area contributed by atoms with Crippen molar-refractivity contribution in [2.75, 3.05) is 46.3 Å². The lowest BCUT2D eigenvalue weighted by Gasteiger charge is -2.33. The molecule has 0 radical (unpaired) electrons. The first-order valence-electron chi connectivity index (χ1n) is 13.0. The predicted molar refractivity (Wildman–Crippen MR) is 142 cm³/mol. The number of nitrogens with zero attached hydrogens (tertiary/aromatic N) is 2. The molecule has 35 heavy (non-hydrogen) atoms. The van der Waals surface area contributed by atoms with E-state index in [1.165, 1.54) is 5.56 Å². The second-order valence-electron chi connectivity index (χ2n) is 9.77. The first kappa shape index (κ1) is 25.3. The van der Waals surface area contributed by atoms with Crippen LogP contribution in [0.1, 0.15) is 48.0 Å². The highest BCUT2D eigenvalue weighted by Crippen LogP contribution is 2.30. The van der Waals surface area contributed by atoms with E-state index < -0.39 is 0 Å². The Kier molecular flexibility index (Phi) is 8.89. The van der Waals surface area contributed by atoms with E-state index in [4.69, 9.17) is 0 Å². The molecule has 0 spiro atoms. The first-order chi connectivity index (χ1) is 17.1. The quantitative estimate of drug-likeness (QED) is 0.526. The number of rotatable bonds is 5. The zero-order chi connectivity index (χ0) is 24.6. The average molecular weight is 476 g/mol. The van der Waals surface area contributed by atoms with Gasteiger partial charge < -0.3 is 15.1 Å². The van der Waals surface area contributed by atoms with Crippen molar-refractivity contribution in [3.63, 3.8) is 0 Å². The largest absolute Gasteiger partial charge is 0.338 e. The van der Waals surface area contributed by atoms with Crippen LogP contribution >= 0.6 is 0 Å². The number of fused-ring (bicyclic) bond motifs is 1. The second kappa shape index (κ2) is 12.3. The molecule has 4 nitrogen and oxygen atoms in total. The fourth-order valence-electron chi connectivity index (χ4n) is 5.30. The molecule has 3 aromatic carbocycles. The molecule has 2 aliphatic rings. The molecule has 186 valence electrons. The smallest absolute Gasteiger partial charge is 0.254 e. The van der Waals surface area contributed by atoms with Crippen molar-refractivity contribution in [1.29, 1.82) is 0 Å². The van der Waals surface area contributed by atoms with Crippen LogP contribution in [0.15, 0.2) is 66.7 Å². The van der Waals surface area contributed by atoms with E-state index in [0.29, 0.717) is 11.8 Å². The van der Waals surface area contributed by atoms with Gasteiger partial charge in [-0.05, 0) is 92.3 Å². The van der Waals surface area contributed by atoms with Gasteiger partial charge in [0.05, 0.1) is 0 Å². The lowest BCUT2D eigenvalue weighted by Crippen LogP contribution is -2.37. The summed E-state index contributed by atoms with van der Waals surface area (Å²) in [6, 6.07) is 21.1. The van der Waals surface area contributed by atoms with Crippen LogP contribution in [-0.2, 0) is 0 Å².